The van der Waals surface area contributed by atoms with Crippen LogP contribution in [0.25, 0.3) is 112 Å². The lowest BCUT2D eigenvalue weighted by Gasteiger charge is -2.14. The van der Waals surface area contributed by atoms with Gasteiger partial charge < -0.3 is 4.42 Å². The van der Waals surface area contributed by atoms with Crippen LogP contribution in [0.2, 0.25) is 0 Å². The van der Waals surface area contributed by atoms with Gasteiger partial charge in [-0.3, -0.25) is 9.97 Å². The highest BCUT2D eigenvalue weighted by Gasteiger charge is 2.22. The van der Waals surface area contributed by atoms with Gasteiger partial charge in [-0.25, -0.2) is 15.0 Å². The number of furan rings is 1. The Morgan fingerprint density at radius 3 is 1.80 bits per heavy atom. The van der Waals surface area contributed by atoms with Gasteiger partial charge in [0.05, 0.1) is 11.0 Å². The first kappa shape index (κ1) is 34.0. The Morgan fingerprint density at radius 1 is 0.417 bits per heavy atom. The summed E-state index contributed by atoms with van der Waals surface area (Å²) >= 11 is 0. The zero-order valence-corrected chi connectivity index (χ0v) is 32.2. The molecule has 0 N–H and O–H groups in total. The van der Waals surface area contributed by atoms with Gasteiger partial charge in [0.15, 0.2) is 17.5 Å². The minimum atomic E-state index is 0.635. The molecule has 0 bridgehead atoms. The number of nitrogens with zero attached hydrogens (tertiary/aromatic N) is 5. The summed E-state index contributed by atoms with van der Waals surface area (Å²) in [5.74, 6) is 1.93. The Bertz CT molecular complexity index is 3440. The molecule has 4 aromatic heterocycles. The van der Waals surface area contributed by atoms with Crippen molar-refractivity contribution in [2.45, 2.75) is 6.42 Å². The average molecular weight is 768 g/mol. The Balaban J connectivity index is 0.922. The van der Waals surface area contributed by atoms with Crippen molar-refractivity contribution in [2.24, 2.45) is 0 Å². The second-order valence-electron chi connectivity index (χ2n) is 15.2. The number of allylic oxidation sites excluding steroid dienone is 1. The number of aromatic nitrogens is 5. The monoisotopic (exact) mass is 767 g/mol. The Kier molecular flexibility index (Phi) is 7.81. The van der Waals surface area contributed by atoms with Crippen LogP contribution in [0.1, 0.15) is 16.7 Å². The van der Waals surface area contributed by atoms with Crippen molar-refractivity contribution in [3.8, 4) is 56.4 Å². The second-order valence-corrected chi connectivity index (χ2v) is 15.2. The molecule has 0 spiro atoms. The van der Waals surface area contributed by atoms with Crippen molar-refractivity contribution in [3.05, 3.63) is 199 Å². The molecule has 0 atom stereocenters. The summed E-state index contributed by atoms with van der Waals surface area (Å²) in [6.45, 7) is 0. The maximum Gasteiger partial charge on any atom is 0.164 e. The molecule has 0 aliphatic heterocycles. The lowest BCUT2D eigenvalue weighted by Crippen LogP contribution is -2.00. The van der Waals surface area contributed by atoms with Gasteiger partial charge in [0.25, 0.3) is 0 Å². The average Bonchev–Trinajstić information content (AvgIpc) is 3.91. The molecule has 0 radical (unpaired) electrons. The largest absolute Gasteiger partial charge is 0.456 e. The third-order valence-electron chi connectivity index (χ3n) is 11.7. The maximum absolute atomic E-state index is 6.60. The highest BCUT2D eigenvalue weighted by atomic mass is 16.3. The smallest absolute Gasteiger partial charge is 0.164 e. The Hall–Kier alpha value is -8.09. The summed E-state index contributed by atoms with van der Waals surface area (Å²) in [4.78, 5) is 24.0. The lowest BCUT2D eigenvalue weighted by atomic mass is 9.90. The topological polar surface area (TPSA) is 77.6 Å². The fourth-order valence-corrected chi connectivity index (χ4v) is 8.82. The zero-order chi connectivity index (χ0) is 39.6. The molecule has 0 fully saturated rings. The van der Waals surface area contributed by atoms with E-state index in [1.165, 1.54) is 33.0 Å². The van der Waals surface area contributed by atoms with Gasteiger partial charge >= 0.3 is 0 Å². The molecule has 60 heavy (non-hydrogen) atoms. The van der Waals surface area contributed by atoms with E-state index in [1.807, 2.05) is 85.2 Å². The molecule has 1 aliphatic carbocycles. The van der Waals surface area contributed by atoms with Crippen LogP contribution in [0.3, 0.4) is 0 Å². The third kappa shape index (κ3) is 5.69. The molecule has 1 aliphatic rings. The van der Waals surface area contributed by atoms with Crippen molar-refractivity contribution in [3.63, 3.8) is 0 Å². The number of benzene rings is 7. The van der Waals surface area contributed by atoms with Crippen LogP contribution in [0, 0.1) is 0 Å². The summed E-state index contributed by atoms with van der Waals surface area (Å²) in [6.07, 6.45) is 6.81. The summed E-state index contributed by atoms with van der Waals surface area (Å²) in [6, 6.07) is 58.9. The van der Waals surface area contributed by atoms with Crippen LogP contribution >= 0.6 is 0 Å². The number of fused-ring (bicyclic) bond motifs is 6. The third-order valence-corrected chi connectivity index (χ3v) is 11.7. The van der Waals surface area contributed by atoms with E-state index in [0.29, 0.717) is 17.5 Å². The number of pyridine rings is 2. The van der Waals surface area contributed by atoms with E-state index in [1.54, 1.807) is 0 Å². The highest BCUT2D eigenvalue weighted by Crippen LogP contribution is 2.44. The first-order valence-electron chi connectivity index (χ1n) is 20.1. The summed E-state index contributed by atoms with van der Waals surface area (Å²) in [7, 11) is 0. The standard InChI is InChI=1S/C54H33N5O/c1-3-11-34(12-4-1)52-57-53(35-13-5-2-6-14-35)59-54(58-52)36-22-20-33(21-23-36)40-24-25-44(43-16-8-7-15-42(40)43)45-17-9-19-48-50(45)46-31-37-29-39(30-38(37)32-49(46)60-48)41-26-28-55-47-18-10-27-56-51(41)47/h1-28,30-32H,29H2. The molecule has 6 heteroatoms. The van der Waals surface area contributed by atoms with Crippen molar-refractivity contribution >= 4 is 55.4 Å². The summed E-state index contributed by atoms with van der Waals surface area (Å²) in [5.41, 5.74) is 15.8. The van der Waals surface area contributed by atoms with Gasteiger partial charge in [0, 0.05) is 45.4 Å². The zero-order valence-electron chi connectivity index (χ0n) is 32.2. The fourth-order valence-electron chi connectivity index (χ4n) is 8.82. The van der Waals surface area contributed by atoms with Crippen LogP contribution in [0.4, 0.5) is 0 Å². The van der Waals surface area contributed by atoms with E-state index >= 15 is 0 Å². The van der Waals surface area contributed by atoms with Gasteiger partial charge in [-0.2, -0.15) is 0 Å². The second kappa shape index (κ2) is 13.8. The predicted octanol–water partition coefficient (Wildman–Crippen LogP) is 13.3. The molecule has 12 rings (SSSR count). The number of hydrogen-bond acceptors (Lipinski definition) is 6. The molecule has 0 amide bonds. The van der Waals surface area contributed by atoms with E-state index in [9.17, 15) is 0 Å². The Morgan fingerprint density at radius 2 is 1.07 bits per heavy atom. The molecule has 0 saturated carbocycles. The molecule has 0 saturated heterocycles. The van der Waals surface area contributed by atoms with E-state index in [2.05, 4.69) is 113 Å². The van der Waals surface area contributed by atoms with Crippen molar-refractivity contribution in [1.29, 1.82) is 0 Å². The van der Waals surface area contributed by atoms with Crippen molar-refractivity contribution in [1.82, 2.24) is 24.9 Å². The fraction of sp³-hybridized carbons (Fsp3) is 0.0185. The summed E-state index contributed by atoms with van der Waals surface area (Å²) in [5, 5.41) is 4.61. The highest BCUT2D eigenvalue weighted by molar-refractivity contribution is 6.17. The minimum absolute atomic E-state index is 0.635. The van der Waals surface area contributed by atoms with Gasteiger partial charge in [0.2, 0.25) is 0 Å². The first-order valence-corrected chi connectivity index (χ1v) is 20.1. The molecule has 6 nitrogen and oxygen atoms in total. The van der Waals surface area contributed by atoms with Gasteiger partial charge in [-0.1, -0.05) is 140 Å². The number of rotatable bonds is 6. The van der Waals surface area contributed by atoms with E-state index in [0.717, 1.165) is 78.3 Å². The normalized spacial score (nSPS) is 12.4. The summed E-state index contributed by atoms with van der Waals surface area (Å²) < 4.78 is 6.60. The van der Waals surface area contributed by atoms with Crippen molar-refractivity contribution < 1.29 is 4.42 Å². The predicted molar refractivity (Wildman–Crippen MR) is 243 cm³/mol. The molecule has 280 valence electrons. The maximum atomic E-state index is 6.60. The number of hydrogen-bond donors (Lipinski definition) is 0. The minimum Gasteiger partial charge on any atom is -0.456 e. The Labute approximate surface area is 345 Å². The molecule has 11 aromatic rings. The molecular weight excluding hydrogens is 735 g/mol. The van der Waals surface area contributed by atoms with E-state index < -0.39 is 0 Å². The van der Waals surface area contributed by atoms with Gasteiger partial charge in [-0.15, -0.1) is 0 Å². The molecular formula is C54H33N5O. The lowest BCUT2D eigenvalue weighted by molar-refractivity contribution is 0.669. The molecule has 4 heterocycles. The quantitative estimate of drug-likeness (QED) is 0.168. The molecule has 0 unspecified atom stereocenters. The van der Waals surface area contributed by atoms with Crippen LogP contribution in [0.15, 0.2) is 187 Å². The van der Waals surface area contributed by atoms with Crippen LogP contribution in [-0.4, -0.2) is 24.9 Å². The van der Waals surface area contributed by atoms with E-state index in [4.69, 9.17) is 19.4 Å². The molecule has 7 aromatic carbocycles. The van der Waals surface area contributed by atoms with Crippen LogP contribution < -0.4 is 0 Å². The van der Waals surface area contributed by atoms with E-state index in [-0.39, 0.29) is 0 Å². The van der Waals surface area contributed by atoms with Gasteiger partial charge in [-0.05, 0) is 92.5 Å². The van der Waals surface area contributed by atoms with Gasteiger partial charge in [0.1, 0.15) is 11.2 Å². The SMILES string of the molecule is C1=C(c2ccnc3cccnc23)Cc2cc3c(cc21)oc1cccc(-c2ccc(-c4ccc(-c5nc(-c6ccccc6)nc(-c6ccccc6)n5)cc4)c4ccccc24)c13. The van der Waals surface area contributed by atoms with Crippen LogP contribution in [0.5, 0.6) is 0 Å². The first-order chi connectivity index (χ1) is 29.7. The van der Waals surface area contributed by atoms with Crippen LogP contribution in [-0.2, 0) is 6.42 Å². The van der Waals surface area contributed by atoms with Crippen molar-refractivity contribution in [2.75, 3.05) is 0 Å².